The summed E-state index contributed by atoms with van der Waals surface area (Å²) in [5.74, 6) is -1.70. The monoisotopic (exact) mass is 304 g/mol. The highest BCUT2D eigenvalue weighted by molar-refractivity contribution is 4.81. The minimum Gasteiger partial charge on any atom is -0.350 e. The van der Waals surface area contributed by atoms with E-state index in [1.807, 2.05) is 13.8 Å². The average Bonchev–Trinajstić information content (AvgIpc) is 2.46. The highest BCUT2D eigenvalue weighted by Crippen LogP contribution is 2.38. The van der Waals surface area contributed by atoms with Gasteiger partial charge in [0.2, 0.25) is 0 Å². The fourth-order valence-corrected chi connectivity index (χ4v) is 2.48. The van der Waals surface area contributed by atoms with Crippen LogP contribution in [0.1, 0.15) is 59.8 Å². The Labute approximate surface area is 129 Å². The van der Waals surface area contributed by atoms with E-state index in [1.165, 1.54) is 0 Å². The largest absolute Gasteiger partial charge is 0.350 e. The Hall–Kier alpha value is -0.200. The van der Waals surface area contributed by atoms with Crippen LogP contribution in [0.2, 0.25) is 0 Å². The first kappa shape index (κ1) is 18.8. The van der Waals surface area contributed by atoms with Crippen LogP contribution in [-0.4, -0.2) is 44.8 Å². The Morgan fingerprint density at radius 3 is 2.10 bits per heavy atom. The topological polar surface area (TPSA) is 46.2 Å². The van der Waals surface area contributed by atoms with Gasteiger partial charge >= 0.3 is 0 Å². The molecule has 1 heterocycles. The Morgan fingerprint density at radius 1 is 0.857 bits per heavy atom. The van der Waals surface area contributed by atoms with Gasteiger partial charge in [-0.25, -0.2) is 0 Å². The maximum absolute atomic E-state index is 6.10. The molecule has 0 saturated carbocycles. The molecule has 0 aromatic rings. The van der Waals surface area contributed by atoms with E-state index in [1.54, 1.807) is 0 Å². The second kappa shape index (κ2) is 9.74. The van der Waals surface area contributed by atoms with Gasteiger partial charge in [-0.3, -0.25) is 0 Å². The zero-order valence-electron chi connectivity index (χ0n) is 14.1. The van der Waals surface area contributed by atoms with Crippen LogP contribution in [0.15, 0.2) is 0 Å². The summed E-state index contributed by atoms with van der Waals surface area (Å²) >= 11 is 0. The van der Waals surface area contributed by atoms with E-state index in [9.17, 15) is 0 Å². The first-order valence-electron chi connectivity index (χ1n) is 8.35. The third-order valence-corrected chi connectivity index (χ3v) is 3.45. The summed E-state index contributed by atoms with van der Waals surface area (Å²) in [6.07, 6.45) is 4.23. The zero-order chi connectivity index (χ0) is 15.6. The summed E-state index contributed by atoms with van der Waals surface area (Å²) in [6, 6.07) is 0. The van der Waals surface area contributed by atoms with Crippen molar-refractivity contribution in [1.82, 2.24) is 0 Å². The predicted molar refractivity (Wildman–Crippen MR) is 81.0 cm³/mol. The van der Waals surface area contributed by atoms with Crippen LogP contribution >= 0.6 is 0 Å². The van der Waals surface area contributed by atoms with Crippen LogP contribution in [0.3, 0.4) is 0 Å². The normalized spacial score (nSPS) is 25.1. The van der Waals surface area contributed by atoms with Crippen LogP contribution in [0, 0.1) is 0 Å². The molecule has 5 nitrogen and oxygen atoms in total. The molecule has 0 spiro atoms. The standard InChI is InChI=1S/C16H32O5/c1-5-9-12-20-15(19-11-6-2)10-13-21-16(14-15,17-7-3)18-8-4/h5-14H2,1-4H3. The number of unbranched alkanes of at least 4 members (excludes halogenated alkanes) is 1. The molecule has 0 bridgehead atoms. The van der Waals surface area contributed by atoms with Crippen LogP contribution in [-0.2, 0) is 23.7 Å². The van der Waals surface area contributed by atoms with E-state index in [-0.39, 0.29) is 0 Å². The Kier molecular flexibility index (Phi) is 8.74. The van der Waals surface area contributed by atoms with Crippen molar-refractivity contribution in [3.8, 4) is 0 Å². The molecular weight excluding hydrogens is 272 g/mol. The van der Waals surface area contributed by atoms with Gasteiger partial charge in [-0.2, -0.15) is 0 Å². The van der Waals surface area contributed by atoms with Gasteiger partial charge in [-0.05, 0) is 26.7 Å². The Bertz CT molecular complexity index is 260. The molecule has 1 rings (SSSR count). The highest BCUT2D eigenvalue weighted by Gasteiger charge is 2.49. The van der Waals surface area contributed by atoms with Crippen LogP contribution in [0.25, 0.3) is 0 Å². The highest BCUT2D eigenvalue weighted by atomic mass is 16.9. The average molecular weight is 304 g/mol. The zero-order valence-corrected chi connectivity index (χ0v) is 14.1. The van der Waals surface area contributed by atoms with E-state index in [0.717, 1.165) is 19.3 Å². The van der Waals surface area contributed by atoms with Crippen molar-refractivity contribution < 1.29 is 23.7 Å². The van der Waals surface area contributed by atoms with Gasteiger partial charge in [-0.15, -0.1) is 0 Å². The lowest BCUT2D eigenvalue weighted by Crippen LogP contribution is -2.55. The molecular formula is C16H32O5. The molecule has 0 aliphatic carbocycles. The van der Waals surface area contributed by atoms with Gasteiger partial charge in [-0.1, -0.05) is 20.3 Å². The molecule has 0 aromatic heterocycles. The summed E-state index contributed by atoms with van der Waals surface area (Å²) < 4.78 is 29.4. The Morgan fingerprint density at radius 2 is 1.52 bits per heavy atom. The third kappa shape index (κ3) is 5.83. The molecule has 1 aliphatic heterocycles. The van der Waals surface area contributed by atoms with Crippen molar-refractivity contribution in [2.24, 2.45) is 0 Å². The smallest absolute Gasteiger partial charge is 0.288 e. The van der Waals surface area contributed by atoms with Crippen LogP contribution in [0.4, 0.5) is 0 Å². The van der Waals surface area contributed by atoms with E-state index in [4.69, 9.17) is 23.7 Å². The fraction of sp³-hybridized carbons (Fsp3) is 1.00. The fourth-order valence-electron chi connectivity index (χ4n) is 2.48. The van der Waals surface area contributed by atoms with E-state index in [0.29, 0.717) is 45.9 Å². The summed E-state index contributed by atoms with van der Waals surface area (Å²) in [4.78, 5) is 0. The lowest BCUT2D eigenvalue weighted by Gasteiger charge is -2.45. The lowest BCUT2D eigenvalue weighted by atomic mass is 10.0. The summed E-state index contributed by atoms with van der Waals surface area (Å²) in [5.41, 5.74) is 0. The van der Waals surface area contributed by atoms with Gasteiger partial charge in [0.05, 0.1) is 19.6 Å². The van der Waals surface area contributed by atoms with Gasteiger partial charge in [0.15, 0.2) is 5.79 Å². The van der Waals surface area contributed by atoms with Crippen molar-refractivity contribution in [2.75, 3.05) is 33.0 Å². The molecule has 0 aromatic carbocycles. The molecule has 5 heteroatoms. The van der Waals surface area contributed by atoms with E-state index >= 15 is 0 Å². The number of hydrogen-bond acceptors (Lipinski definition) is 5. The number of rotatable bonds is 11. The second-order valence-electron chi connectivity index (χ2n) is 5.29. The predicted octanol–water partition coefficient (Wildman–Crippen LogP) is 3.46. The van der Waals surface area contributed by atoms with Crippen LogP contribution < -0.4 is 0 Å². The van der Waals surface area contributed by atoms with Crippen molar-refractivity contribution in [1.29, 1.82) is 0 Å². The molecule has 126 valence electrons. The molecule has 0 N–H and O–H groups in total. The molecule has 1 fully saturated rings. The molecule has 21 heavy (non-hydrogen) atoms. The van der Waals surface area contributed by atoms with Crippen molar-refractivity contribution in [2.45, 2.75) is 71.6 Å². The quantitative estimate of drug-likeness (QED) is 0.432. The van der Waals surface area contributed by atoms with Gasteiger partial charge in [0.1, 0.15) is 0 Å². The van der Waals surface area contributed by atoms with Gasteiger partial charge in [0, 0.05) is 26.2 Å². The molecule has 0 amide bonds. The molecule has 1 aliphatic rings. The summed E-state index contributed by atoms with van der Waals surface area (Å²) in [7, 11) is 0. The lowest BCUT2D eigenvalue weighted by molar-refractivity contribution is -0.436. The van der Waals surface area contributed by atoms with Crippen molar-refractivity contribution >= 4 is 0 Å². The first-order valence-corrected chi connectivity index (χ1v) is 8.35. The maximum Gasteiger partial charge on any atom is 0.288 e. The molecule has 1 atom stereocenters. The maximum atomic E-state index is 6.10. The van der Waals surface area contributed by atoms with Crippen molar-refractivity contribution in [3.63, 3.8) is 0 Å². The van der Waals surface area contributed by atoms with E-state index < -0.39 is 11.8 Å². The summed E-state index contributed by atoms with van der Waals surface area (Å²) in [5, 5.41) is 0. The summed E-state index contributed by atoms with van der Waals surface area (Å²) in [6.45, 7) is 11.0. The molecule has 0 radical (unpaired) electrons. The Balaban J connectivity index is 2.78. The van der Waals surface area contributed by atoms with Gasteiger partial charge in [0.25, 0.3) is 5.97 Å². The van der Waals surface area contributed by atoms with Crippen molar-refractivity contribution in [3.05, 3.63) is 0 Å². The van der Waals surface area contributed by atoms with Gasteiger partial charge < -0.3 is 23.7 Å². The minimum absolute atomic E-state index is 0.450. The van der Waals surface area contributed by atoms with Crippen LogP contribution in [0.5, 0.6) is 0 Å². The number of hydrogen-bond donors (Lipinski definition) is 0. The third-order valence-electron chi connectivity index (χ3n) is 3.45. The SMILES string of the molecule is CCCCOC1(OCCC)CCOC(OCC)(OCC)C1. The number of ether oxygens (including phenoxy) is 5. The van der Waals surface area contributed by atoms with E-state index in [2.05, 4.69) is 13.8 Å². The second-order valence-corrected chi connectivity index (χ2v) is 5.29. The molecule has 1 saturated heterocycles. The molecule has 1 unspecified atom stereocenters. The first-order chi connectivity index (χ1) is 10.2. The minimum atomic E-state index is -1.04.